The number of hydrogen-bond acceptors (Lipinski definition) is 7. The van der Waals surface area contributed by atoms with Crippen LogP contribution in [-0.4, -0.2) is 25.3 Å². The number of aromatic nitrogens is 5. The van der Waals surface area contributed by atoms with Gasteiger partial charge in [0.25, 0.3) is 5.65 Å². The second-order valence-electron chi connectivity index (χ2n) is 2.37. The molecule has 2 aromatic rings. The highest BCUT2D eigenvalue weighted by atomic mass is 16.6. The van der Waals surface area contributed by atoms with Crippen molar-refractivity contribution < 1.29 is 9.88 Å². The lowest BCUT2D eigenvalue weighted by Gasteiger charge is -1.92. The molecule has 0 spiro atoms. The average Bonchev–Trinajstić information content (AvgIpc) is 2.47. The van der Waals surface area contributed by atoms with Crippen molar-refractivity contribution in [2.75, 3.05) is 5.73 Å². The molecule has 0 amide bonds. The number of aromatic amines is 1. The Balaban J connectivity index is 2.85. The number of nitrogens with two attached hydrogens (primary N) is 1. The lowest BCUT2D eigenvalue weighted by molar-refractivity contribution is -0.724. The van der Waals surface area contributed by atoms with E-state index in [9.17, 15) is 15.3 Å². The number of fused-ring (bicyclic) bond motifs is 1. The molecule has 3 N–H and O–H groups in total. The summed E-state index contributed by atoms with van der Waals surface area (Å²) in [5, 5.41) is 33.1. The Hall–Kier alpha value is -2.52. The predicted octanol–water partition coefficient (Wildman–Crippen LogP) is -1.52. The minimum atomic E-state index is -0.742. The summed E-state index contributed by atoms with van der Waals surface area (Å²) in [6.07, 6.45) is 0. The number of H-pyrrole nitrogens is 1. The van der Waals surface area contributed by atoms with Crippen molar-refractivity contribution in [2.45, 2.75) is 0 Å². The van der Waals surface area contributed by atoms with Crippen LogP contribution in [0.3, 0.4) is 0 Å². The summed E-state index contributed by atoms with van der Waals surface area (Å²) in [5.41, 5.74) is 5.23. The number of nitrogens with zero attached hydrogens (tertiary/aromatic N) is 5. The standard InChI is InChI=1S/C4H3N7O3/c5-2-1-3(9-11(14)8-2)6-7-4(1)10(12)13/h(H3,5,6,7,8,9). The molecule has 0 aliphatic rings. The Labute approximate surface area is 75.1 Å². The van der Waals surface area contributed by atoms with Gasteiger partial charge in [-0.2, -0.15) is 5.10 Å². The van der Waals surface area contributed by atoms with Crippen LogP contribution in [0.5, 0.6) is 0 Å². The first-order valence-electron chi connectivity index (χ1n) is 3.35. The van der Waals surface area contributed by atoms with Gasteiger partial charge in [-0.25, -0.2) is 0 Å². The highest BCUT2D eigenvalue weighted by molar-refractivity contribution is 5.91. The molecular weight excluding hydrogens is 194 g/mol. The zero-order valence-corrected chi connectivity index (χ0v) is 6.54. The fourth-order valence-electron chi connectivity index (χ4n) is 1.01. The summed E-state index contributed by atoms with van der Waals surface area (Å²) >= 11 is 0. The molecule has 0 saturated heterocycles. The van der Waals surface area contributed by atoms with Gasteiger partial charge in [0, 0.05) is 0 Å². The summed E-state index contributed by atoms with van der Waals surface area (Å²) in [7, 11) is 0. The van der Waals surface area contributed by atoms with E-state index in [4.69, 9.17) is 5.73 Å². The highest BCUT2D eigenvalue weighted by Crippen LogP contribution is 2.23. The van der Waals surface area contributed by atoms with Crippen molar-refractivity contribution in [2.24, 2.45) is 0 Å². The van der Waals surface area contributed by atoms with Gasteiger partial charge in [0.1, 0.15) is 0 Å². The lowest BCUT2D eigenvalue weighted by Crippen LogP contribution is -2.36. The van der Waals surface area contributed by atoms with Crippen molar-refractivity contribution in [1.29, 1.82) is 0 Å². The van der Waals surface area contributed by atoms with Crippen molar-refractivity contribution in [3.05, 3.63) is 15.3 Å². The first-order valence-corrected chi connectivity index (χ1v) is 3.35. The van der Waals surface area contributed by atoms with E-state index < -0.39 is 10.7 Å². The third-order valence-electron chi connectivity index (χ3n) is 1.54. The Morgan fingerprint density at radius 2 is 2.21 bits per heavy atom. The third-order valence-corrected chi connectivity index (χ3v) is 1.54. The fraction of sp³-hybridized carbons (Fsp3) is 0. The molecule has 0 saturated carbocycles. The van der Waals surface area contributed by atoms with Gasteiger partial charge in [0.2, 0.25) is 5.82 Å². The second kappa shape index (κ2) is 2.48. The zero-order chi connectivity index (χ0) is 10.3. The summed E-state index contributed by atoms with van der Waals surface area (Å²) in [6.45, 7) is 0. The first-order chi connectivity index (χ1) is 6.59. The molecule has 72 valence electrons. The van der Waals surface area contributed by atoms with Gasteiger partial charge in [0.15, 0.2) is 5.39 Å². The quantitative estimate of drug-likeness (QED) is 0.243. The molecule has 0 aliphatic carbocycles. The van der Waals surface area contributed by atoms with Crippen molar-refractivity contribution in [3.63, 3.8) is 0 Å². The minimum Gasteiger partial charge on any atom is -0.569 e. The van der Waals surface area contributed by atoms with Crippen molar-refractivity contribution in [3.8, 4) is 0 Å². The second-order valence-corrected chi connectivity index (χ2v) is 2.37. The van der Waals surface area contributed by atoms with Crippen molar-refractivity contribution >= 4 is 22.7 Å². The molecule has 14 heavy (non-hydrogen) atoms. The maximum Gasteiger partial charge on any atom is 0.403 e. The predicted molar refractivity (Wildman–Crippen MR) is 41.7 cm³/mol. The molecule has 2 heterocycles. The summed E-state index contributed by atoms with van der Waals surface area (Å²) in [6, 6.07) is 0. The highest BCUT2D eigenvalue weighted by Gasteiger charge is 2.24. The molecule has 0 aliphatic heterocycles. The Morgan fingerprint density at radius 3 is 2.86 bits per heavy atom. The number of nitrogens with one attached hydrogen (secondary N) is 1. The van der Waals surface area contributed by atoms with Gasteiger partial charge in [-0.15, -0.1) is 0 Å². The van der Waals surface area contributed by atoms with Gasteiger partial charge in [0.05, 0.1) is 20.3 Å². The summed E-state index contributed by atoms with van der Waals surface area (Å²) in [5.74, 6) is -0.788. The Morgan fingerprint density at radius 1 is 1.50 bits per heavy atom. The van der Waals surface area contributed by atoms with Gasteiger partial charge >= 0.3 is 5.82 Å². The number of hydrogen-bond donors (Lipinski definition) is 2. The van der Waals surface area contributed by atoms with Gasteiger partial charge in [-0.1, -0.05) is 0 Å². The Bertz CT molecular complexity index is 519. The van der Waals surface area contributed by atoms with Gasteiger partial charge < -0.3 is 21.1 Å². The molecule has 10 nitrogen and oxygen atoms in total. The third kappa shape index (κ3) is 0.972. The topological polar surface area (TPSA) is 151 Å². The average molecular weight is 197 g/mol. The molecular formula is C4H3N7O3. The normalized spacial score (nSPS) is 10.6. The molecule has 0 bridgehead atoms. The van der Waals surface area contributed by atoms with Crippen LogP contribution < -0.4 is 10.7 Å². The smallest absolute Gasteiger partial charge is 0.403 e. The number of rotatable bonds is 1. The molecule has 0 fully saturated rings. The lowest BCUT2D eigenvalue weighted by atomic mass is 10.4. The summed E-state index contributed by atoms with van der Waals surface area (Å²) in [4.78, 5) is 9.66. The maximum atomic E-state index is 10.7. The van der Waals surface area contributed by atoms with Crippen LogP contribution in [0.2, 0.25) is 0 Å². The Kier molecular flexibility index (Phi) is 1.44. The van der Waals surface area contributed by atoms with E-state index in [2.05, 4.69) is 20.4 Å². The van der Waals surface area contributed by atoms with Crippen LogP contribution in [0.1, 0.15) is 0 Å². The number of anilines is 1. The maximum absolute atomic E-state index is 10.7. The van der Waals surface area contributed by atoms with E-state index in [0.717, 1.165) is 0 Å². The fourth-order valence-corrected chi connectivity index (χ4v) is 1.01. The van der Waals surface area contributed by atoms with E-state index in [1.165, 1.54) is 0 Å². The molecule has 10 heteroatoms. The summed E-state index contributed by atoms with van der Waals surface area (Å²) < 4.78 is 0. The first kappa shape index (κ1) is 8.10. The SMILES string of the molecule is Nc1n[n+]([O-])nc2[nH]nc([N+](=O)[O-])c12. The molecule has 2 rings (SSSR count). The van der Waals surface area contributed by atoms with Gasteiger partial charge in [-0.3, -0.25) is 0 Å². The van der Waals surface area contributed by atoms with E-state index >= 15 is 0 Å². The van der Waals surface area contributed by atoms with E-state index in [1.54, 1.807) is 0 Å². The van der Waals surface area contributed by atoms with E-state index in [-0.39, 0.29) is 21.8 Å². The molecule has 2 aromatic heterocycles. The van der Waals surface area contributed by atoms with Crippen LogP contribution in [0.15, 0.2) is 0 Å². The van der Waals surface area contributed by atoms with Crippen LogP contribution in [0.25, 0.3) is 11.0 Å². The molecule has 0 unspecified atom stereocenters. The molecule has 0 atom stereocenters. The number of nitrogen functional groups attached to an aromatic ring is 1. The number of nitro groups is 1. The van der Waals surface area contributed by atoms with E-state index in [1.807, 2.05) is 0 Å². The van der Waals surface area contributed by atoms with Crippen LogP contribution in [0, 0.1) is 15.3 Å². The monoisotopic (exact) mass is 197 g/mol. The zero-order valence-electron chi connectivity index (χ0n) is 6.54. The van der Waals surface area contributed by atoms with Crippen LogP contribution >= 0.6 is 0 Å². The molecule has 0 aromatic carbocycles. The molecule has 0 radical (unpaired) electrons. The van der Waals surface area contributed by atoms with Crippen LogP contribution in [-0.2, 0) is 0 Å². The van der Waals surface area contributed by atoms with Crippen molar-refractivity contribution in [1.82, 2.24) is 20.4 Å². The minimum absolute atomic E-state index is 0.0421. The van der Waals surface area contributed by atoms with E-state index in [0.29, 0.717) is 0 Å². The van der Waals surface area contributed by atoms with Gasteiger partial charge in [-0.05, 0) is 4.92 Å². The largest absolute Gasteiger partial charge is 0.569 e. The van der Waals surface area contributed by atoms with Crippen LogP contribution in [0.4, 0.5) is 11.6 Å².